The number of hydrogen-bond acceptors (Lipinski definition) is 4. The van der Waals surface area contributed by atoms with Crippen molar-refractivity contribution in [3.8, 4) is 0 Å². The lowest BCUT2D eigenvalue weighted by Gasteiger charge is -2.17. The van der Waals surface area contributed by atoms with E-state index in [-0.39, 0.29) is 0 Å². The van der Waals surface area contributed by atoms with Crippen molar-refractivity contribution in [3.63, 3.8) is 0 Å². The molecule has 0 heterocycles. The molecule has 2 nitrogen and oxygen atoms in total. The van der Waals surface area contributed by atoms with Crippen LogP contribution in [0.5, 0.6) is 0 Å². The van der Waals surface area contributed by atoms with E-state index < -0.39 is 11.4 Å². The predicted octanol–water partition coefficient (Wildman–Crippen LogP) is 4.34. The molecule has 0 aromatic rings. The lowest BCUT2D eigenvalue weighted by Crippen LogP contribution is -2.03. The van der Waals surface area contributed by atoms with E-state index in [1.54, 1.807) is 6.92 Å². The fourth-order valence-electron chi connectivity index (χ4n) is 0.455. The summed E-state index contributed by atoms with van der Waals surface area (Å²) >= 11 is 0. The van der Waals surface area contributed by atoms with Crippen molar-refractivity contribution in [2.24, 2.45) is 0 Å². The number of hydrogen-bond donors (Lipinski definition) is 0. The molecule has 0 saturated carbocycles. The largest absolute Gasteiger partial charge is 0.369 e. The van der Waals surface area contributed by atoms with Gasteiger partial charge in [-0.15, -0.1) is 0 Å². The van der Waals surface area contributed by atoms with Crippen LogP contribution in [0, 0.1) is 0 Å². The third-order valence-electron chi connectivity index (χ3n) is 1.05. The van der Waals surface area contributed by atoms with Gasteiger partial charge in [0.15, 0.2) is 0 Å². The fourth-order valence-corrected chi connectivity index (χ4v) is 6.65. The van der Waals surface area contributed by atoms with Gasteiger partial charge >= 0.3 is 0 Å². The number of rotatable bonds is 5. The first-order valence-corrected chi connectivity index (χ1v) is 9.19. The van der Waals surface area contributed by atoms with Gasteiger partial charge in [0.1, 0.15) is 5.85 Å². The van der Waals surface area contributed by atoms with Crippen LogP contribution in [0.2, 0.25) is 0 Å². The highest BCUT2D eigenvalue weighted by molar-refractivity contribution is 9.00. The zero-order chi connectivity index (χ0) is 8.91. The van der Waals surface area contributed by atoms with Crippen LogP contribution in [-0.4, -0.2) is 12.5 Å². The van der Waals surface area contributed by atoms with Gasteiger partial charge in [-0.1, -0.05) is 0 Å². The lowest BCUT2D eigenvalue weighted by molar-refractivity contribution is 0.131. The zero-order valence-corrected chi connectivity index (χ0v) is 10.2. The van der Waals surface area contributed by atoms with Crippen LogP contribution in [0.3, 0.4) is 0 Å². The van der Waals surface area contributed by atoms with E-state index in [0.29, 0.717) is 6.61 Å². The van der Waals surface area contributed by atoms with Gasteiger partial charge in [-0.25, -0.2) is 0 Å². The van der Waals surface area contributed by atoms with E-state index in [1.807, 2.05) is 6.92 Å². The van der Waals surface area contributed by atoms with Crippen molar-refractivity contribution in [2.45, 2.75) is 19.7 Å². The van der Waals surface area contributed by atoms with Crippen molar-refractivity contribution < 1.29 is 9.30 Å². The topological polar surface area (TPSA) is 26.3 Å². The van der Waals surface area contributed by atoms with Gasteiger partial charge in [-0.05, 0) is 35.2 Å². The minimum Gasteiger partial charge on any atom is -0.369 e. The first kappa shape index (κ1) is 12.5. The Morgan fingerprint density at radius 1 is 1.55 bits per heavy atom. The van der Waals surface area contributed by atoms with E-state index in [4.69, 9.17) is 26.1 Å². The van der Waals surface area contributed by atoms with Gasteiger partial charge < -0.3 is 4.74 Å². The number of ether oxygens (including phenoxy) is 1. The Hall–Kier alpha value is 1.47. The molecule has 1 atom stereocenters. The Morgan fingerprint density at radius 3 is 2.27 bits per heavy atom. The van der Waals surface area contributed by atoms with Gasteiger partial charge in [-0.2, -0.15) is 0 Å². The summed E-state index contributed by atoms with van der Waals surface area (Å²) < 4.78 is 16.7. The van der Waals surface area contributed by atoms with Gasteiger partial charge in [0.25, 0.3) is 0 Å². The Kier molecular flexibility index (Phi) is 6.81. The summed E-state index contributed by atoms with van der Waals surface area (Å²) in [6.07, 6.45) is 0. The second-order valence-electron chi connectivity index (χ2n) is 1.73. The molecule has 0 aromatic carbocycles. The molecule has 0 aliphatic heterocycles. The first-order valence-electron chi connectivity index (χ1n) is 2.92. The molecular formula is C4H9Cl2O2PS2. The molecule has 0 bridgehead atoms. The summed E-state index contributed by atoms with van der Waals surface area (Å²) in [5.74, 6) is -0.391. The van der Waals surface area contributed by atoms with Crippen molar-refractivity contribution >= 4 is 48.1 Å². The maximum absolute atomic E-state index is 11.6. The van der Waals surface area contributed by atoms with Gasteiger partial charge in [-0.3, -0.25) is 4.57 Å². The zero-order valence-electron chi connectivity index (χ0n) is 6.12. The van der Waals surface area contributed by atoms with Crippen LogP contribution in [0.4, 0.5) is 0 Å². The molecule has 0 amide bonds. The van der Waals surface area contributed by atoms with E-state index in [0.717, 1.165) is 21.2 Å². The third kappa shape index (κ3) is 3.79. The van der Waals surface area contributed by atoms with Crippen LogP contribution < -0.4 is 0 Å². The monoisotopic (exact) mass is 254 g/mol. The smallest absolute Gasteiger partial charge is 0.247 e. The molecule has 1 unspecified atom stereocenters. The minimum atomic E-state index is -2.65. The Labute approximate surface area is 83.6 Å². The standard InChI is InChI=1S/C4H9Cl2O2PS2/c1-3-8-4(2)9(7,10-5)11-6/h4H,3H2,1-2H3. The quantitative estimate of drug-likeness (QED) is 0.683. The summed E-state index contributed by atoms with van der Waals surface area (Å²) in [6.45, 7) is 4.05. The Morgan fingerprint density at radius 2 is 2.00 bits per heavy atom. The summed E-state index contributed by atoms with van der Waals surface area (Å²) in [4.78, 5) is 0. The molecule has 7 heteroatoms. The number of halogens is 2. The van der Waals surface area contributed by atoms with Crippen LogP contribution in [-0.2, 0) is 9.30 Å². The van der Waals surface area contributed by atoms with Crippen LogP contribution >= 0.6 is 48.1 Å². The van der Waals surface area contributed by atoms with Crippen molar-refractivity contribution in [2.75, 3.05) is 6.61 Å². The van der Waals surface area contributed by atoms with E-state index in [1.165, 1.54) is 0 Å². The summed E-state index contributed by atoms with van der Waals surface area (Å²) in [5, 5.41) is 0. The summed E-state index contributed by atoms with van der Waals surface area (Å²) in [5.41, 5.74) is -2.65. The molecule has 68 valence electrons. The molecular weight excluding hydrogens is 246 g/mol. The summed E-state index contributed by atoms with van der Waals surface area (Å²) in [6, 6.07) is 0. The van der Waals surface area contributed by atoms with Gasteiger partial charge in [0.2, 0.25) is 5.55 Å². The van der Waals surface area contributed by atoms with Crippen LogP contribution in [0.1, 0.15) is 13.8 Å². The average Bonchev–Trinajstić information content (AvgIpc) is 2.03. The molecule has 0 N–H and O–H groups in total. The Bertz CT molecular complexity index is 149. The van der Waals surface area contributed by atoms with Crippen molar-refractivity contribution in [3.05, 3.63) is 0 Å². The molecule has 0 aromatic heterocycles. The molecule has 0 rings (SSSR count). The summed E-state index contributed by atoms with van der Waals surface area (Å²) in [7, 11) is 12.3. The molecule has 0 saturated heterocycles. The third-order valence-corrected chi connectivity index (χ3v) is 11.9. The molecule has 0 aliphatic carbocycles. The SMILES string of the molecule is CCOC(C)P(=O)(SCl)SCl. The second-order valence-corrected chi connectivity index (χ2v) is 11.1. The minimum absolute atomic E-state index is 0.391. The van der Waals surface area contributed by atoms with Gasteiger partial charge in [0.05, 0.1) is 0 Å². The highest BCUT2D eigenvalue weighted by Gasteiger charge is 2.31. The van der Waals surface area contributed by atoms with E-state index in [2.05, 4.69) is 0 Å². The van der Waals surface area contributed by atoms with Crippen molar-refractivity contribution in [1.82, 2.24) is 0 Å². The molecule has 0 fully saturated rings. The maximum atomic E-state index is 11.6. The van der Waals surface area contributed by atoms with E-state index in [9.17, 15) is 4.57 Å². The fraction of sp³-hybridized carbons (Fsp3) is 1.00. The molecule has 0 radical (unpaired) electrons. The van der Waals surface area contributed by atoms with Crippen molar-refractivity contribution in [1.29, 1.82) is 0 Å². The van der Waals surface area contributed by atoms with Crippen LogP contribution in [0.15, 0.2) is 0 Å². The molecule has 11 heavy (non-hydrogen) atoms. The average molecular weight is 255 g/mol. The molecule has 0 spiro atoms. The highest BCUT2D eigenvalue weighted by Crippen LogP contribution is 2.75. The van der Waals surface area contributed by atoms with E-state index >= 15 is 0 Å². The van der Waals surface area contributed by atoms with Gasteiger partial charge in [0, 0.05) is 27.8 Å². The normalized spacial score (nSPS) is 14.9. The lowest BCUT2D eigenvalue weighted by atomic mass is 10.8. The Balaban J connectivity index is 4.13. The predicted molar refractivity (Wildman–Crippen MR) is 55.6 cm³/mol. The maximum Gasteiger partial charge on any atom is 0.247 e. The molecule has 0 aliphatic rings. The highest BCUT2D eigenvalue weighted by atomic mass is 35.8. The second kappa shape index (κ2) is 6.01. The van der Waals surface area contributed by atoms with Crippen LogP contribution in [0.25, 0.3) is 0 Å². The first-order chi connectivity index (χ1) is 5.10.